The molecule has 0 saturated carbocycles. The molecule has 0 saturated heterocycles. The average Bonchev–Trinajstić information content (AvgIpc) is 3.05. The Morgan fingerprint density at radius 2 is 1.75 bits per heavy atom. The Morgan fingerprint density at radius 3 is 2.28 bits per heavy atom. The zero-order valence-corrected chi connectivity index (χ0v) is 19.3. The number of sulfonamides is 1. The van der Waals surface area contributed by atoms with Crippen LogP contribution in [0.5, 0.6) is 0 Å². The van der Waals surface area contributed by atoms with Crippen molar-refractivity contribution >= 4 is 50.8 Å². The number of nitroso groups, excluding NO2 is 1. The van der Waals surface area contributed by atoms with Crippen LogP contribution in [0.1, 0.15) is 17.5 Å². The first-order chi connectivity index (χ1) is 15.1. The third-order valence-corrected chi connectivity index (χ3v) is 6.71. The molecule has 1 heterocycles. The summed E-state index contributed by atoms with van der Waals surface area (Å²) in [5, 5.41) is 20.6. The minimum absolute atomic E-state index is 0.0300. The zero-order chi connectivity index (χ0) is 23.5. The van der Waals surface area contributed by atoms with E-state index in [1.165, 1.54) is 24.3 Å². The molecule has 0 aliphatic carbocycles. The van der Waals surface area contributed by atoms with Gasteiger partial charge in [-0.1, -0.05) is 41.0 Å². The molecule has 0 radical (unpaired) electrons. The Hall–Kier alpha value is -2.57. The number of hydrogen-bond acceptors (Lipinski definition) is 7. The van der Waals surface area contributed by atoms with Crippen molar-refractivity contribution in [3.63, 3.8) is 0 Å². The highest BCUT2D eigenvalue weighted by molar-refractivity contribution is 7.97. The van der Waals surface area contributed by atoms with Gasteiger partial charge in [-0.3, -0.25) is 0 Å². The SMILES string of the molecule is C[N+]1(CCCSN=O)N=C(c2ccc(Cl)cc2)C(c2ccc(S(N)(=O)=O)cc2)=C1C(=O)O. The second-order valence-corrected chi connectivity index (χ2v) is 9.99. The lowest BCUT2D eigenvalue weighted by molar-refractivity contribution is -0.872. The Balaban J connectivity index is 2.18. The number of carbonyl (C=O) groups is 1. The van der Waals surface area contributed by atoms with Gasteiger partial charge >= 0.3 is 5.97 Å². The molecule has 2 aromatic rings. The number of hydrogen-bond donors (Lipinski definition) is 2. The molecule has 1 aliphatic rings. The zero-order valence-electron chi connectivity index (χ0n) is 16.9. The van der Waals surface area contributed by atoms with Gasteiger partial charge in [-0.2, -0.15) is 4.59 Å². The molecule has 3 N–H and O–H groups in total. The molecular formula is C20H20ClN4O5S2+. The molecule has 0 fully saturated rings. The van der Waals surface area contributed by atoms with E-state index in [1.807, 2.05) is 0 Å². The second-order valence-electron chi connectivity index (χ2n) is 7.18. The van der Waals surface area contributed by atoms with Crippen molar-refractivity contribution in [2.24, 2.45) is 14.8 Å². The maximum atomic E-state index is 12.4. The average molecular weight is 496 g/mol. The number of rotatable bonds is 9. The van der Waals surface area contributed by atoms with Crippen LogP contribution in [0.4, 0.5) is 0 Å². The van der Waals surface area contributed by atoms with Crippen LogP contribution in [0.2, 0.25) is 5.02 Å². The Kier molecular flexibility index (Phi) is 7.16. The van der Waals surface area contributed by atoms with Gasteiger partial charge in [-0.25, -0.2) is 18.4 Å². The summed E-state index contributed by atoms with van der Waals surface area (Å²) in [7, 11) is -2.23. The van der Waals surface area contributed by atoms with Gasteiger partial charge in [-0.05, 0) is 29.8 Å². The number of halogens is 1. The van der Waals surface area contributed by atoms with E-state index in [0.29, 0.717) is 46.2 Å². The van der Waals surface area contributed by atoms with E-state index < -0.39 is 16.0 Å². The normalized spacial score (nSPS) is 18.5. The van der Waals surface area contributed by atoms with Gasteiger partial charge in [0.2, 0.25) is 10.0 Å². The predicted octanol–water partition coefficient (Wildman–Crippen LogP) is 3.45. The number of aliphatic carboxylic acids is 1. The summed E-state index contributed by atoms with van der Waals surface area (Å²) in [4.78, 5) is 22.7. The molecule has 0 spiro atoms. The first-order valence-corrected chi connectivity index (χ1v) is 12.2. The van der Waals surface area contributed by atoms with Crippen molar-refractivity contribution in [3.05, 3.63) is 75.3 Å². The molecule has 2 aromatic carbocycles. The maximum absolute atomic E-state index is 12.4. The lowest BCUT2D eigenvalue weighted by Crippen LogP contribution is -2.40. The summed E-state index contributed by atoms with van der Waals surface area (Å²) < 4.78 is 25.8. The third-order valence-electron chi connectivity index (χ3n) is 4.95. The highest BCUT2D eigenvalue weighted by atomic mass is 35.5. The molecule has 3 rings (SSSR count). The minimum atomic E-state index is -3.90. The van der Waals surface area contributed by atoms with Crippen molar-refractivity contribution in [3.8, 4) is 0 Å². The van der Waals surface area contributed by atoms with Crippen molar-refractivity contribution in [1.29, 1.82) is 0 Å². The molecule has 0 aromatic heterocycles. The van der Waals surface area contributed by atoms with Crippen molar-refractivity contribution in [1.82, 2.24) is 0 Å². The number of benzene rings is 2. The fraction of sp³-hybridized carbons (Fsp3) is 0.200. The third kappa shape index (κ3) is 5.08. The number of nitrogens with two attached hydrogens (primary N) is 1. The van der Waals surface area contributed by atoms with Crippen LogP contribution < -0.4 is 5.14 Å². The number of primary sulfonamides is 1. The molecule has 1 unspecified atom stereocenters. The van der Waals surface area contributed by atoms with Crippen LogP contribution in [-0.4, -0.2) is 49.1 Å². The lowest BCUT2D eigenvalue weighted by Gasteiger charge is -2.24. The van der Waals surface area contributed by atoms with E-state index >= 15 is 0 Å². The summed E-state index contributed by atoms with van der Waals surface area (Å²) in [6.07, 6.45) is 0.499. The van der Waals surface area contributed by atoms with Crippen LogP contribution in [-0.2, 0) is 14.8 Å². The van der Waals surface area contributed by atoms with E-state index in [-0.39, 0.29) is 15.2 Å². The fourth-order valence-electron chi connectivity index (χ4n) is 3.52. The van der Waals surface area contributed by atoms with E-state index in [1.54, 1.807) is 31.3 Å². The smallest absolute Gasteiger partial charge is 0.393 e. The monoisotopic (exact) mass is 495 g/mol. The molecule has 168 valence electrons. The Morgan fingerprint density at radius 1 is 1.16 bits per heavy atom. The quantitative estimate of drug-likeness (QED) is 0.236. The largest absolute Gasteiger partial charge is 0.474 e. The van der Waals surface area contributed by atoms with Gasteiger partial charge in [0.05, 0.1) is 17.5 Å². The van der Waals surface area contributed by atoms with Gasteiger partial charge in [0.15, 0.2) is 0 Å². The van der Waals surface area contributed by atoms with Crippen LogP contribution in [0.3, 0.4) is 0 Å². The molecule has 0 amide bonds. The summed E-state index contributed by atoms with van der Waals surface area (Å²) >= 11 is 6.87. The summed E-state index contributed by atoms with van der Waals surface area (Å²) in [5.41, 5.74) is 1.97. The minimum Gasteiger partial charge on any atom is -0.474 e. The number of likely N-dealkylation sites (N-methyl/N-ethyl adjacent to an activating group) is 1. The van der Waals surface area contributed by atoms with Crippen molar-refractivity contribution in [2.75, 3.05) is 19.3 Å². The topological polar surface area (TPSA) is 139 Å². The number of carboxylic acids is 1. The standard InChI is InChI=1S/C20H19ClN4O5S2/c1-25(11-2-12-31-24-28)19(20(26)27)17(13-5-9-16(10-6-13)32(22,29)30)18(23-25)14-3-7-15(21)8-4-14/h3-10H,2,11-12H2,1H3,(H2-,22,26,27,29,30)/p+1. The summed E-state index contributed by atoms with van der Waals surface area (Å²) in [5.74, 6) is -0.735. The fourth-order valence-corrected chi connectivity index (χ4v) is 4.49. The van der Waals surface area contributed by atoms with Gasteiger partial charge in [0.1, 0.15) is 12.3 Å². The first kappa shape index (κ1) is 24.1. The predicted molar refractivity (Wildman–Crippen MR) is 124 cm³/mol. The molecule has 0 bridgehead atoms. The number of allylic oxidation sites excluding steroid dienone is 1. The van der Waals surface area contributed by atoms with Crippen LogP contribution in [0, 0.1) is 4.91 Å². The Bertz CT molecular complexity index is 1210. The number of quaternary nitrogens is 1. The van der Waals surface area contributed by atoms with Gasteiger partial charge < -0.3 is 5.11 Å². The molecule has 1 aliphatic heterocycles. The summed E-state index contributed by atoms with van der Waals surface area (Å²) in [6, 6.07) is 12.5. The maximum Gasteiger partial charge on any atom is 0.393 e. The molecule has 9 nitrogen and oxygen atoms in total. The van der Waals surface area contributed by atoms with E-state index in [4.69, 9.17) is 21.8 Å². The molecule has 32 heavy (non-hydrogen) atoms. The van der Waals surface area contributed by atoms with Crippen molar-refractivity contribution in [2.45, 2.75) is 11.3 Å². The van der Waals surface area contributed by atoms with Crippen LogP contribution in [0.25, 0.3) is 5.57 Å². The molecular weight excluding hydrogens is 476 g/mol. The Labute approximate surface area is 194 Å². The molecule has 12 heteroatoms. The van der Waals surface area contributed by atoms with Crippen LogP contribution in [0.15, 0.2) is 68.8 Å². The van der Waals surface area contributed by atoms with Gasteiger partial charge in [-0.15, -0.1) is 4.91 Å². The molecule has 1 atom stereocenters. The van der Waals surface area contributed by atoms with Crippen LogP contribution >= 0.6 is 23.5 Å². The van der Waals surface area contributed by atoms with E-state index in [0.717, 1.165) is 11.9 Å². The number of carboxylic acid groups (broad SMARTS) is 1. The van der Waals surface area contributed by atoms with Crippen molar-refractivity contribution < 1.29 is 22.9 Å². The first-order valence-electron chi connectivity index (χ1n) is 9.35. The lowest BCUT2D eigenvalue weighted by atomic mass is 9.94. The second kappa shape index (κ2) is 9.51. The van der Waals surface area contributed by atoms with E-state index in [9.17, 15) is 23.2 Å². The number of nitrogens with zero attached hydrogens (tertiary/aromatic N) is 3. The van der Waals surface area contributed by atoms with Gasteiger partial charge in [0, 0.05) is 39.3 Å². The highest BCUT2D eigenvalue weighted by Gasteiger charge is 2.45. The highest BCUT2D eigenvalue weighted by Crippen LogP contribution is 2.37. The van der Waals surface area contributed by atoms with Gasteiger partial charge in [0.25, 0.3) is 5.70 Å². The summed E-state index contributed by atoms with van der Waals surface area (Å²) in [6.45, 7) is 0.319. The van der Waals surface area contributed by atoms with E-state index in [2.05, 4.69) is 4.58 Å².